The van der Waals surface area contributed by atoms with Crippen molar-refractivity contribution in [2.75, 3.05) is 26.9 Å². The van der Waals surface area contributed by atoms with Crippen molar-refractivity contribution in [3.63, 3.8) is 0 Å². The molecule has 0 radical (unpaired) electrons. The molecule has 3 heterocycles. The van der Waals surface area contributed by atoms with Crippen LogP contribution < -0.4 is 10.1 Å². The van der Waals surface area contributed by atoms with Gasteiger partial charge < -0.3 is 29.2 Å². The van der Waals surface area contributed by atoms with Crippen LogP contribution in [0.5, 0.6) is 5.75 Å². The standard InChI is InChI=1S/C26H32N2O6/c1-31-21-10-6-18(7-11-21)25(29)28-19-8-9-20(28)13-17(12-19)15-33-26(30)27-14-22-16-32-23-4-2-3-5-24(23)34-22/h3,5-7,10-11,17,19-20,22H,2,4,8-9,12-16H2,1H3,(H,27,30). The molecule has 1 aliphatic carbocycles. The Balaban J connectivity index is 1.06. The van der Waals surface area contributed by atoms with E-state index in [1.165, 1.54) is 0 Å². The van der Waals surface area contributed by atoms with Crippen molar-refractivity contribution in [2.24, 2.45) is 5.92 Å². The molecule has 1 N–H and O–H groups in total. The van der Waals surface area contributed by atoms with Gasteiger partial charge in [0, 0.05) is 24.1 Å². The summed E-state index contributed by atoms with van der Waals surface area (Å²) in [5, 5.41) is 2.80. The molecule has 1 aromatic carbocycles. The van der Waals surface area contributed by atoms with Gasteiger partial charge in [-0.1, -0.05) is 6.08 Å². The molecule has 0 saturated carbocycles. The topological polar surface area (TPSA) is 86.3 Å². The second kappa shape index (κ2) is 9.99. The van der Waals surface area contributed by atoms with Crippen LogP contribution in [0.2, 0.25) is 0 Å². The van der Waals surface area contributed by atoms with Crippen LogP contribution in [0.25, 0.3) is 0 Å². The van der Waals surface area contributed by atoms with E-state index >= 15 is 0 Å². The van der Waals surface area contributed by atoms with E-state index in [4.69, 9.17) is 18.9 Å². The Kier molecular flexibility index (Phi) is 6.65. The number of nitrogens with one attached hydrogen (secondary N) is 1. The summed E-state index contributed by atoms with van der Waals surface area (Å²) in [4.78, 5) is 27.4. The number of hydrogen-bond acceptors (Lipinski definition) is 6. The fourth-order valence-corrected chi connectivity index (χ4v) is 5.46. The van der Waals surface area contributed by atoms with Gasteiger partial charge in [0.15, 0.2) is 11.9 Å². The Morgan fingerprint density at radius 2 is 1.91 bits per heavy atom. The molecule has 2 fully saturated rings. The van der Waals surface area contributed by atoms with Gasteiger partial charge in [-0.25, -0.2) is 4.79 Å². The zero-order chi connectivity index (χ0) is 23.5. The van der Waals surface area contributed by atoms with Crippen LogP contribution in [0, 0.1) is 5.92 Å². The fraction of sp³-hybridized carbons (Fsp3) is 0.538. The number of methoxy groups -OCH3 is 1. The van der Waals surface area contributed by atoms with Gasteiger partial charge >= 0.3 is 6.09 Å². The maximum atomic E-state index is 13.1. The first-order valence-electron chi connectivity index (χ1n) is 12.2. The zero-order valence-corrected chi connectivity index (χ0v) is 19.5. The Hall–Kier alpha value is -3.16. The maximum absolute atomic E-state index is 13.1. The third kappa shape index (κ3) is 4.86. The summed E-state index contributed by atoms with van der Waals surface area (Å²) in [6.07, 6.45) is 8.88. The molecular formula is C26H32N2O6. The lowest BCUT2D eigenvalue weighted by atomic mass is 9.91. The summed E-state index contributed by atoms with van der Waals surface area (Å²) in [6, 6.07) is 7.68. The van der Waals surface area contributed by atoms with E-state index in [1.807, 2.05) is 35.2 Å². The summed E-state index contributed by atoms with van der Waals surface area (Å²) >= 11 is 0. The lowest BCUT2D eigenvalue weighted by Gasteiger charge is -2.39. The van der Waals surface area contributed by atoms with Gasteiger partial charge in [-0.05, 0) is 68.4 Å². The number of piperidine rings is 1. The molecule has 4 aliphatic rings. The van der Waals surface area contributed by atoms with Crippen LogP contribution in [-0.2, 0) is 14.2 Å². The van der Waals surface area contributed by atoms with E-state index in [-0.39, 0.29) is 30.0 Å². The molecule has 1 aromatic rings. The van der Waals surface area contributed by atoms with Crippen molar-refractivity contribution >= 4 is 12.0 Å². The zero-order valence-electron chi connectivity index (χ0n) is 19.5. The minimum absolute atomic E-state index is 0.0769. The molecule has 0 aromatic heterocycles. The average molecular weight is 469 g/mol. The van der Waals surface area contributed by atoms with E-state index in [2.05, 4.69) is 11.4 Å². The van der Waals surface area contributed by atoms with E-state index in [1.54, 1.807) is 7.11 Å². The summed E-state index contributed by atoms with van der Waals surface area (Å²) in [5.41, 5.74) is 0.687. The van der Waals surface area contributed by atoms with Crippen molar-refractivity contribution < 1.29 is 28.5 Å². The molecule has 2 amide bonds. The van der Waals surface area contributed by atoms with Crippen LogP contribution in [0.15, 0.2) is 47.9 Å². The van der Waals surface area contributed by atoms with Gasteiger partial charge in [0.05, 0.1) is 20.3 Å². The first kappa shape index (κ1) is 22.6. The van der Waals surface area contributed by atoms with E-state index < -0.39 is 6.09 Å². The Bertz CT molecular complexity index is 958. The minimum atomic E-state index is -0.438. The predicted molar refractivity (Wildman–Crippen MR) is 124 cm³/mol. The van der Waals surface area contributed by atoms with Crippen molar-refractivity contribution in [3.8, 4) is 5.75 Å². The molecule has 3 unspecified atom stereocenters. The quantitative estimate of drug-likeness (QED) is 0.684. The van der Waals surface area contributed by atoms with Crippen molar-refractivity contribution in [3.05, 3.63) is 53.5 Å². The molecule has 34 heavy (non-hydrogen) atoms. The second-order valence-electron chi connectivity index (χ2n) is 9.42. The number of ether oxygens (including phenoxy) is 4. The average Bonchev–Trinajstić information content (AvgIpc) is 3.15. The Morgan fingerprint density at radius 3 is 2.65 bits per heavy atom. The predicted octanol–water partition coefficient (Wildman–Crippen LogP) is 3.78. The molecule has 182 valence electrons. The number of carbonyl (C=O) groups is 2. The fourth-order valence-electron chi connectivity index (χ4n) is 5.46. The number of amides is 2. The van der Waals surface area contributed by atoms with Crippen molar-refractivity contribution in [1.29, 1.82) is 0 Å². The van der Waals surface area contributed by atoms with Crippen molar-refractivity contribution in [1.82, 2.24) is 10.2 Å². The normalized spacial score (nSPS) is 27.4. The number of rotatable bonds is 6. The smallest absolute Gasteiger partial charge is 0.407 e. The number of allylic oxidation sites excluding steroid dienone is 3. The number of nitrogens with zero attached hydrogens (tertiary/aromatic N) is 1. The highest BCUT2D eigenvalue weighted by Gasteiger charge is 2.43. The largest absolute Gasteiger partial charge is 0.497 e. The van der Waals surface area contributed by atoms with Crippen LogP contribution in [-0.4, -0.2) is 62.0 Å². The summed E-state index contributed by atoms with van der Waals surface area (Å²) < 4.78 is 22.4. The van der Waals surface area contributed by atoms with E-state index in [0.29, 0.717) is 25.3 Å². The van der Waals surface area contributed by atoms with Gasteiger partial charge in [0.2, 0.25) is 0 Å². The van der Waals surface area contributed by atoms with E-state index in [9.17, 15) is 9.59 Å². The van der Waals surface area contributed by atoms with Gasteiger partial charge in [0.25, 0.3) is 5.91 Å². The molecule has 2 saturated heterocycles. The third-order valence-corrected chi connectivity index (χ3v) is 7.15. The summed E-state index contributed by atoms with van der Waals surface area (Å²) in [5.74, 6) is 2.74. The van der Waals surface area contributed by atoms with Gasteiger partial charge in [-0.15, -0.1) is 0 Å². The lowest BCUT2D eigenvalue weighted by molar-refractivity contribution is -0.00176. The number of alkyl carbamates (subject to hydrolysis) is 1. The van der Waals surface area contributed by atoms with Gasteiger partial charge in [-0.3, -0.25) is 4.79 Å². The van der Waals surface area contributed by atoms with Crippen LogP contribution >= 0.6 is 0 Å². The van der Waals surface area contributed by atoms with Crippen LogP contribution in [0.1, 0.15) is 48.9 Å². The first-order chi connectivity index (χ1) is 16.6. The summed E-state index contributed by atoms with van der Waals surface area (Å²) in [6.45, 7) is 1.13. The lowest BCUT2D eigenvalue weighted by Crippen LogP contribution is -2.47. The van der Waals surface area contributed by atoms with Crippen molar-refractivity contribution in [2.45, 2.75) is 56.7 Å². The Morgan fingerprint density at radius 1 is 1.15 bits per heavy atom. The molecule has 2 bridgehead atoms. The number of hydrogen-bond donors (Lipinski definition) is 1. The highest BCUT2D eigenvalue weighted by Crippen LogP contribution is 2.39. The first-order valence-corrected chi connectivity index (χ1v) is 12.2. The molecule has 8 heteroatoms. The maximum Gasteiger partial charge on any atom is 0.407 e. The highest BCUT2D eigenvalue weighted by molar-refractivity contribution is 5.95. The van der Waals surface area contributed by atoms with Gasteiger partial charge in [0.1, 0.15) is 18.1 Å². The molecule has 5 rings (SSSR count). The number of carbonyl (C=O) groups excluding carboxylic acids is 2. The number of benzene rings is 1. The molecule has 3 aliphatic heterocycles. The number of fused-ring (bicyclic) bond motifs is 2. The van der Waals surface area contributed by atoms with E-state index in [0.717, 1.165) is 55.8 Å². The third-order valence-electron chi connectivity index (χ3n) is 7.15. The Labute approximate surface area is 199 Å². The minimum Gasteiger partial charge on any atom is -0.497 e. The van der Waals surface area contributed by atoms with Gasteiger partial charge in [-0.2, -0.15) is 0 Å². The molecule has 8 nitrogen and oxygen atoms in total. The monoisotopic (exact) mass is 468 g/mol. The van der Waals surface area contributed by atoms with Crippen LogP contribution in [0.3, 0.4) is 0 Å². The highest BCUT2D eigenvalue weighted by atomic mass is 16.6. The molecule has 3 atom stereocenters. The van der Waals surface area contributed by atoms with Crippen LogP contribution in [0.4, 0.5) is 4.79 Å². The summed E-state index contributed by atoms with van der Waals surface area (Å²) in [7, 11) is 1.61. The second-order valence-corrected chi connectivity index (χ2v) is 9.42. The molecular weight excluding hydrogens is 436 g/mol. The molecule has 0 spiro atoms. The SMILES string of the molecule is COc1ccc(C(=O)N2C3CCC2CC(COC(=O)NCC2COC4=C(C=CCC4)O2)C3)cc1.